The van der Waals surface area contributed by atoms with Crippen molar-refractivity contribution < 1.29 is 24.5 Å². The molecule has 0 N–H and O–H groups in total. The molecule has 0 bridgehead atoms. The van der Waals surface area contributed by atoms with Crippen LogP contribution in [-0.4, -0.2) is 23.0 Å². The molecule has 0 aliphatic rings. The van der Waals surface area contributed by atoms with Crippen LogP contribution in [0.25, 0.3) is 78.0 Å². The minimum absolute atomic E-state index is 0. The van der Waals surface area contributed by atoms with Gasteiger partial charge in [0, 0.05) is 66.2 Å². The molecule has 0 saturated heterocycles. The van der Waals surface area contributed by atoms with Crippen molar-refractivity contribution in [3.8, 4) is 56.0 Å². The number of hydrogen-bond donors (Lipinski definition) is 0. The molecule has 10 aromatic rings. The van der Waals surface area contributed by atoms with Crippen molar-refractivity contribution in [3.05, 3.63) is 216 Å². The Morgan fingerprint density at radius 3 is 1.67 bits per heavy atom. The molecule has 0 spiro atoms. The molecule has 4 heterocycles. The molecule has 1 atom stereocenters. The first-order chi connectivity index (χ1) is 34.2. The van der Waals surface area contributed by atoms with E-state index in [9.17, 15) is 0 Å². The zero-order chi connectivity index (χ0) is 50.2. The Morgan fingerprint density at radius 2 is 1.08 bits per heavy atom. The number of benzene rings is 6. The molecule has 367 valence electrons. The molecule has 6 heteroatoms. The minimum atomic E-state index is -1.33. The van der Waals surface area contributed by atoms with E-state index in [-0.39, 0.29) is 20.1 Å². The fraction of sp³-hybridized carbons (Fsp3) is 0.227. The van der Waals surface area contributed by atoms with Gasteiger partial charge in [0.1, 0.15) is 11.2 Å². The Labute approximate surface area is 443 Å². The maximum atomic E-state index is 6.73. The van der Waals surface area contributed by atoms with Gasteiger partial charge in [-0.1, -0.05) is 194 Å². The third-order valence-electron chi connectivity index (χ3n) is 13.6. The fourth-order valence-corrected chi connectivity index (χ4v) is 11.0. The van der Waals surface area contributed by atoms with Crippen LogP contribution in [0.1, 0.15) is 81.2 Å². The number of nitrogens with zero attached hydrogens (tertiary/aromatic N) is 3. The normalized spacial score (nSPS) is 11.7. The van der Waals surface area contributed by atoms with Crippen LogP contribution in [0, 0.1) is 19.8 Å². The van der Waals surface area contributed by atoms with Crippen LogP contribution in [0.3, 0.4) is 0 Å². The minimum Gasteiger partial charge on any atom is -0.455 e. The third-order valence-corrected chi connectivity index (χ3v) is 15.6. The average Bonchev–Trinajstić information content (AvgIpc) is 3.78. The number of fused-ring (bicyclic) bond motifs is 3. The summed E-state index contributed by atoms with van der Waals surface area (Å²) in [5.41, 5.74) is 19.7. The van der Waals surface area contributed by atoms with Gasteiger partial charge in [-0.05, 0) is 131 Å². The third kappa shape index (κ3) is 12.5. The Morgan fingerprint density at radius 1 is 0.514 bits per heavy atom. The summed E-state index contributed by atoms with van der Waals surface area (Å²) in [6.45, 7) is 25.0. The van der Waals surface area contributed by atoms with Crippen LogP contribution in [0.4, 0.5) is 0 Å². The van der Waals surface area contributed by atoms with E-state index in [4.69, 9.17) is 14.4 Å². The van der Waals surface area contributed by atoms with E-state index < -0.39 is 8.07 Å². The van der Waals surface area contributed by atoms with Gasteiger partial charge in [0.2, 0.25) is 0 Å². The van der Waals surface area contributed by atoms with Crippen molar-refractivity contribution in [1.82, 2.24) is 15.0 Å². The largest absolute Gasteiger partial charge is 0.455 e. The first kappa shape index (κ1) is 53.2. The average molecular weight is 1140 g/mol. The number of pyridine rings is 3. The number of hydrogen-bond acceptors (Lipinski definition) is 4. The van der Waals surface area contributed by atoms with E-state index in [1.165, 1.54) is 60.8 Å². The molecule has 0 fully saturated rings. The monoisotopic (exact) mass is 1140 g/mol. The molecule has 0 amide bonds. The van der Waals surface area contributed by atoms with Crippen LogP contribution in [0.15, 0.2) is 193 Å². The maximum Gasteiger partial charge on any atom is 0.145 e. The van der Waals surface area contributed by atoms with Crippen LogP contribution in [0.5, 0.6) is 0 Å². The summed E-state index contributed by atoms with van der Waals surface area (Å²) in [4.78, 5) is 13.8. The van der Waals surface area contributed by atoms with E-state index >= 15 is 0 Å². The molecule has 4 aromatic heterocycles. The second-order valence-electron chi connectivity index (χ2n) is 20.6. The Hall–Kier alpha value is -6.56. The summed E-state index contributed by atoms with van der Waals surface area (Å²) in [5, 5.41) is 3.75. The van der Waals surface area contributed by atoms with Gasteiger partial charge in [0.05, 0.1) is 25.2 Å². The fourth-order valence-electron chi connectivity index (χ4n) is 9.33. The summed E-state index contributed by atoms with van der Waals surface area (Å²) >= 11 is 0. The van der Waals surface area contributed by atoms with Gasteiger partial charge < -0.3 is 4.42 Å². The Balaban J connectivity index is 0.000000185. The van der Waals surface area contributed by atoms with Gasteiger partial charge in [-0.3, -0.25) is 15.0 Å². The predicted molar refractivity (Wildman–Crippen MR) is 306 cm³/mol. The molecule has 10 rings (SSSR count). The van der Waals surface area contributed by atoms with E-state index in [0.717, 1.165) is 56.6 Å². The first-order valence-corrected chi connectivity index (χ1v) is 28.8. The molecule has 1 unspecified atom stereocenters. The maximum absolute atomic E-state index is 6.73. The van der Waals surface area contributed by atoms with Gasteiger partial charge in [0.25, 0.3) is 0 Å². The molecular formula is C66H69IrN3OSi. The molecule has 4 nitrogen and oxygen atoms in total. The second kappa shape index (κ2) is 23.8. The van der Waals surface area contributed by atoms with Gasteiger partial charge in [-0.2, -0.15) is 0 Å². The van der Waals surface area contributed by atoms with E-state index in [1.54, 1.807) is 0 Å². The summed E-state index contributed by atoms with van der Waals surface area (Å²) in [5.74, 6) is 1.56. The summed E-state index contributed by atoms with van der Waals surface area (Å²) in [6.07, 6.45) is 6.98. The standard InChI is InChI=1S/C36H33NO.C17H23NSi.C13H13N.Ir/c1-22(2)25(5)27-15-16-37-33(20-27)31-14-13-30(26-9-7-6-8-10-26)35-32-12-11-28(21-34(32)38-36(31)35)29-18-23(3)17-24(4)19-29;1-13(2)15-11-16(14-9-7-6-8-10-14)18-12-17(15)19(3,4)5;1-2-11-8-9-14-13(10-11)12-6-4-3-5-7-12;/h6-22,25H,1-5H3;6-13H,1-5H3;3-10H,2H2,1H3;. The van der Waals surface area contributed by atoms with Crippen molar-refractivity contribution in [1.29, 1.82) is 0 Å². The van der Waals surface area contributed by atoms with Crippen molar-refractivity contribution >= 4 is 35.2 Å². The molecule has 6 aromatic carbocycles. The van der Waals surface area contributed by atoms with Crippen LogP contribution >= 0.6 is 0 Å². The molecule has 0 saturated carbocycles. The van der Waals surface area contributed by atoms with Gasteiger partial charge in [-0.15, -0.1) is 0 Å². The van der Waals surface area contributed by atoms with Crippen molar-refractivity contribution in [2.45, 2.75) is 93.3 Å². The van der Waals surface area contributed by atoms with E-state index in [2.05, 4.69) is 232 Å². The Kier molecular flexibility index (Phi) is 17.6. The van der Waals surface area contributed by atoms with Gasteiger partial charge in [-0.25, -0.2) is 0 Å². The van der Waals surface area contributed by atoms with E-state index in [0.29, 0.717) is 17.8 Å². The zero-order valence-corrected chi connectivity index (χ0v) is 47.3. The molecule has 0 aliphatic heterocycles. The van der Waals surface area contributed by atoms with E-state index in [1.807, 2.05) is 36.7 Å². The van der Waals surface area contributed by atoms with Gasteiger partial charge >= 0.3 is 0 Å². The van der Waals surface area contributed by atoms with Gasteiger partial charge in [0.15, 0.2) is 0 Å². The van der Waals surface area contributed by atoms with Crippen LogP contribution in [-0.2, 0) is 26.5 Å². The summed E-state index contributed by atoms with van der Waals surface area (Å²) in [6, 6.07) is 59.8. The van der Waals surface area contributed by atoms with Crippen LogP contribution in [0.2, 0.25) is 19.6 Å². The topological polar surface area (TPSA) is 51.8 Å². The molecule has 0 aliphatic carbocycles. The summed E-state index contributed by atoms with van der Waals surface area (Å²) < 4.78 is 6.73. The van der Waals surface area contributed by atoms with Crippen LogP contribution < -0.4 is 5.19 Å². The number of rotatable bonds is 10. The molecular weight excluding hydrogens is 1070 g/mol. The smallest absolute Gasteiger partial charge is 0.145 e. The van der Waals surface area contributed by atoms with Crippen molar-refractivity contribution in [2.75, 3.05) is 0 Å². The SMILES string of the molecule is CC(C)c1cc(-c2ccccc2)ncc1[Si](C)(C)C.CCc1ccnc(-c2ccccc2)c1.Cc1cc(C)cc(-c2ccc3c(c2)oc2c(-c4cc(C(C)C(C)C)ccn4)ccc(-c4ccccc4)c23)c1.[Ir]. The number of furan rings is 1. The molecule has 72 heavy (non-hydrogen) atoms. The Bertz CT molecular complexity index is 3360. The van der Waals surface area contributed by atoms with Crippen molar-refractivity contribution in [3.63, 3.8) is 0 Å². The summed E-state index contributed by atoms with van der Waals surface area (Å²) in [7, 11) is -1.33. The second-order valence-corrected chi connectivity index (χ2v) is 25.7. The predicted octanol–water partition coefficient (Wildman–Crippen LogP) is 18.1. The number of aryl methyl sites for hydroxylation is 3. The number of aromatic nitrogens is 3. The zero-order valence-electron chi connectivity index (χ0n) is 43.9. The first-order valence-electron chi connectivity index (χ1n) is 25.3. The molecule has 1 radical (unpaired) electrons. The van der Waals surface area contributed by atoms with Crippen molar-refractivity contribution in [2.24, 2.45) is 5.92 Å². The quantitative estimate of drug-likeness (QED) is 0.128.